The number of rotatable bonds is 3. The van der Waals surface area contributed by atoms with Gasteiger partial charge >= 0.3 is 12.5 Å². The molecule has 1 aromatic rings. The predicted octanol–water partition coefficient (Wildman–Crippen LogP) is 3.32. The second-order valence-electron chi connectivity index (χ2n) is 7.95. The van der Waals surface area contributed by atoms with E-state index in [1.54, 1.807) is 4.90 Å². The van der Waals surface area contributed by atoms with Crippen LogP contribution in [0.4, 0.5) is 22.4 Å². The lowest BCUT2D eigenvalue weighted by Gasteiger charge is -2.45. The van der Waals surface area contributed by atoms with E-state index in [1.807, 2.05) is 0 Å². The molecule has 3 fully saturated rings. The molecule has 1 aromatic carbocycles. The minimum Gasteiger partial charge on any atom is -0.447 e. The van der Waals surface area contributed by atoms with Crippen LogP contribution in [0.1, 0.15) is 37.2 Å². The Morgan fingerprint density at radius 1 is 1.21 bits per heavy atom. The first-order valence-corrected chi connectivity index (χ1v) is 9.42. The molecule has 29 heavy (non-hydrogen) atoms. The number of nitrogens with one attached hydrogen (secondary N) is 1. The van der Waals surface area contributed by atoms with Gasteiger partial charge in [0.2, 0.25) is 5.91 Å². The highest BCUT2D eigenvalue weighted by Crippen LogP contribution is 2.42. The van der Waals surface area contributed by atoms with Crippen molar-refractivity contribution in [3.8, 4) is 5.75 Å². The average Bonchev–Trinajstić information content (AvgIpc) is 3.00. The maximum absolute atomic E-state index is 13.7. The number of piperidine rings is 1. The van der Waals surface area contributed by atoms with Gasteiger partial charge in [0, 0.05) is 25.1 Å². The third-order valence-electron chi connectivity index (χ3n) is 5.88. The quantitative estimate of drug-likeness (QED) is 0.768. The van der Waals surface area contributed by atoms with Gasteiger partial charge in [0.05, 0.1) is 5.54 Å². The fourth-order valence-electron chi connectivity index (χ4n) is 4.47. The van der Waals surface area contributed by atoms with E-state index in [0.29, 0.717) is 50.4 Å². The van der Waals surface area contributed by atoms with Crippen molar-refractivity contribution in [1.29, 1.82) is 0 Å². The SMILES string of the molecule is O=C1N[C@]2(CO1)C[C@H](C(=O)N1CCC(c3cc(F)cc(OC(F)(F)F)c3)CC1)C2. The second-order valence-corrected chi connectivity index (χ2v) is 7.95. The Hall–Kier alpha value is -2.52. The number of ether oxygens (including phenoxy) is 2. The van der Waals surface area contributed by atoms with E-state index in [2.05, 4.69) is 10.1 Å². The van der Waals surface area contributed by atoms with E-state index in [4.69, 9.17) is 4.74 Å². The van der Waals surface area contributed by atoms with Crippen LogP contribution in [0.2, 0.25) is 0 Å². The van der Waals surface area contributed by atoms with Gasteiger partial charge in [-0.15, -0.1) is 13.2 Å². The number of alkyl carbamates (subject to hydrolysis) is 1. The number of cyclic esters (lactones) is 1. The highest BCUT2D eigenvalue weighted by molar-refractivity contribution is 5.81. The van der Waals surface area contributed by atoms with Crippen LogP contribution in [0, 0.1) is 11.7 Å². The largest absolute Gasteiger partial charge is 0.573 e. The molecule has 2 amide bonds. The number of alkyl halides is 3. The van der Waals surface area contributed by atoms with Crippen molar-refractivity contribution < 1.29 is 36.6 Å². The van der Waals surface area contributed by atoms with E-state index < -0.39 is 29.6 Å². The number of nitrogens with zero attached hydrogens (tertiary/aromatic N) is 1. The second kappa shape index (κ2) is 7.07. The fraction of sp³-hybridized carbons (Fsp3) is 0.579. The molecule has 2 aliphatic heterocycles. The zero-order chi connectivity index (χ0) is 20.8. The Kier molecular flexibility index (Phi) is 4.82. The van der Waals surface area contributed by atoms with Gasteiger partial charge in [0.1, 0.15) is 18.2 Å². The highest BCUT2D eigenvalue weighted by Gasteiger charge is 2.53. The van der Waals surface area contributed by atoms with Gasteiger partial charge in [0.15, 0.2) is 0 Å². The first kappa shape index (κ1) is 19.8. The van der Waals surface area contributed by atoms with Gasteiger partial charge in [-0.25, -0.2) is 9.18 Å². The molecule has 6 nitrogen and oxygen atoms in total. The molecule has 4 rings (SSSR count). The van der Waals surface area contributed by atoms with E-state index >= 15 is 0 Å². The number of carbonyl (C=O) groups is 2. The van der Waals surface area contributed by atoms with Gasteiger partial charge < -0.3 is 19.7 Å². The minimum atomic E-state index is -4.88. The predicted molar refractivity (Wildman–Crippen MR) is 91.6 cm³/mol. The lowest BCUT2D eigenvalue weighted by Crippen LogP contribution is -2.58. The van der Waals surface area contributed by atoms with Gasteiger partial charge in [0.25, 0.3) is 0 Å². The molecule has 10 heteroatoms. The van der Waals surface area contributed by atoms with Crippen LogP contribution in [0.3, 0.4) is 0 Å². The van der Waals surface area contributed by atoms with Gasteiger partial charge in [-0.3, -0.25) is 4.79 Å². The Bertz CT molecular complexity index is 815. The zero-order valence-electron chi connectivity index (χ0n) is 15.4. The summed E-state index contributed by atoms with van der Waals surface area (Å²) >= 11 is 0. The molecule has 0 unspecified atom stereocenters. The summed E-state index contributed by atoms with van der Waals surface area (Å²) in [5.41, 5.74) is 0.0105. The smallest absolute Gasteiger partial charge is 0.447 e. The summed E-state index contributed by atoms with van der Waals surface area (Å²) < 4.78 is 59.7. The number of carbonyl (C=O) groups excluding carboxylic acids is 2. The van der Waals surface area contributed by atoms with Crippen LogP contribution < -0.4 is 10.1 Å². The Morgan fingerprint density at radius 2 is 1.90 bits per heavy atom. The van der Waals surface area contributed by atoms with Crippen LogP contribution in [-0.2, 0) is 9.53 Å². The van der Waals surface area contributed by atoms with E-state index in [1.165, 1.54) is 12.1 Å². The summed E-state index contributed by atoms with van der Waals surface area (Å²) in [7, 11) is 0. The molecule has 2 heterocycles. The molecule has 0 bridgehead atoms. The molecule has 0 radical (unpaired) electrons. The van der Waals surface area contributed by atoms with Gasteiger partial charge in [-0.2, -0.15) is 0 Å². The van der Waals surface area contributed by atoms with Crippen molar-refractivity contribution in [2.45, 2.75) is 43.5 Å². The number of hydrogen-bond donors (Lipinski definition) is 1. The normalized spacial score (nSPS) is 27.4. The van der Waals surface area contributed by atoms with Crippen LogP contribution in [0.25, 0.3) is 0 Å². The van der Waals surface area contributed by atoms with E-state index in [0.717, 1.165) is 0 Å². The van der Waals surface area contributed by atoms with Crippen LogP contribution in [0.15, 0.2) is 18.2 Å². The third-order valence-corrected chi connectivity index (χ3v) is 5.88. The average molecular weight is 416 g/mol. The first-order chi connectivity index (χ1) is 13.6. The fourth-order valence-corrected chi connectivity index (χ4v) is 4.47. The molecule has 1 N–H and O–H groups in total. The van der Waals surface area contributed by atoms with E-state index in [-0.39, 0.29) is 24.3 Å². The number of halogens is 4. The molecule has 3 aliphatic rings. The maximum atomic E-state index is 13.7. The zero-order valence-corrected chi connectivity index (χ0v) is 15.4. The Morgan fingerprint density at radius 3 is 2.48 bits per heavy atom. The molecule has 0 atom stereocenters. The Balaban J connectivity index is 1.33. The number of benzene rings is 1. The molecule has 1 aliphatic carbocycles. The lowest BCUT2D eigenvalue weighted by molar-refractivity contribution is -0.274. The van der Waals surface area contributed by atoms with Crippen LogP contribution in [-0.4, -0.2) is 48.5 Å². The van der Waals surface area contributed by atoms with Crippen LogP contribution in [0.5, 0.6) is 5.75 Å². The monoisotopic (exact) mass is 416 g/mol. The molecular formula is C19H20F4N2O4. The minimum absolute atomic E-state index is 0.00978. The number of hydrogen-bond acceptors (Lipinski definition) is 4. The summed E-state index contributed by atoms with van der Waals surface area (Å²) in [6.07, 6.45) is -3.21. The molecule has 158 valence electrons. The molecule has 0 aromatic heterocycles. The van der Waals surface area contributed by atoms with Crippen molar-refractivity contribution in [2.75, 3.05) is 19.7 Å². The van der Waals surface area contributed by atoms with Crippen molar-refractivity contribution in [1.82, 2.24) is 10.2 Å². The summed E-state index contributed by atoms with van der Waals surface area (Å²) in [6.45, 7) is 1.17. The Labute approximate surface area is 164 Å². The van der Waals surface area contributed by atoms with Gasteiger partial charge in [-0.05, 0) is 49.3 Å². The van der Waals surface area contributed by atoms with Crippen molar-refractivity contribution in [2.24, 2.45) is 5.92 Å². The standard InChI is InChI=1S/C19H20F4N2O4/c20-14-5-12(6-15(7-14)29-19(21,22)23)11-1-3-25(4-2-11)16(26)13-8-18(9-13)10-28-17(27)24-18/h5-7,11,13H,1-4,8-10H2,(H,24,27)/t13-,18+. The van der Waals surface area contributed by atoms with Crippen molar-refractivity contribution >= 4 is 12.0 Å². The van der Waals surface area contributed by atoms with Gasteiger partial charge in [-0.1, -0.05) is 0 Å². The number of amides is 2. The molecular weight excluding hydrogens is 396 g/mol. The van der Waals surface area contributed by atoms with Crippen LogP contribution >= 0.6 is 0 Å². The third kappa shape index (κ3) is 4.25. The summed E-state index contributed by atoms with van der Waals surface area (Å²) in [5.74, 6) is -1.68. The molecule has 2 saturated heterocycles. The highest BCUT2D eigenvalue weighted by atomic mass is 19.4. The summed E-state index contributed by atoms with van der Waals surface area (Å²) in [4.78, 5) is 25.6. The molecule has 1 saturated carbocycles. The molecule has 1 spiro atoms. The topological polar surface area (TPSA) is 67.9 Å². The number of likely N-dealkylation sites (tertiary alicyclic amines) is 1. The van der Waals surface area contributed by atoms with E-state index in [9.17, 15) is 27.2 Å². The lowest BCUT2D eigenvalue weighted by atomic mass is 9.68. The maximum Gasteiger partial charge on any atom is 0.573 e. The first-order valence-electron chi connectivity index (χ1n) is 9.42. The summed E-state index contributed by atoms with van der Waals surface area (Å²) in [6, 6.07) is 3.12. The summed E-state index contributed by atoms with van der Waals surface area (Å²) in [5, 5.41) is 2.75. The van der Waals surface area contributed by atoms with Crippen molar-refractivity contribution in [3.63, 3.8) is 0 Å². The van der Waals surface area contributed by atoms with Crippen molar-refractivity contribution in [3.05, 3.63) is 29.6 Å².